The molecule has 22 heavy (non-hydrogen) atoms. The van der Waals surface area contributed by atoms with Crippen LogP contribution in [0.4, 0.5) is 18.9 Å². The van der Waals surface area contributed by atoms with Crippen LogP contribution in [-0.2, 0) is 10.0 Å². The van der Waals surface area contributed by atoms with Crippen molar-refractivity contribution in [3.05, 3.63) is 59.4 Å². The minimum absolute atomic E-state index is 0.0394. The van der Waals surface area contributed by atoms with Gasteiger partial charge in [0.15, 0.2) is 11.6 Å². The molecule has 0 saturated carbocycles. The highest BCUT2D eigenvalue weighted by Gasteiger charge is 2.37. The maximum atomic E-state index is 13.8. The van der Waals surface area contributed by atoms with Gasteiger partial charge in [-0.1, -0.05) is 6.07 Å². The van der Waals surface area contributed by atoms with Gasteiger partial charge in [-0.15, -0.1) is 0 Å². The Kier molecular flexibility index (Phi) is 3.37. The first-order valence-corrected chi connectivity index (χ1v) is 7.70. The van der Waals surface area contributed by atoms with Crippen molar-refractivity contribution in [2.45, 2.75) is 11.0 Å². The van der Waals surface area contributed by atoms with Crippen molar-refractivity contribution in [3.8, 4) is 0 Å². The van der Waals surface area contributed by atoms with E-state index in [0.29, 0.717) is 0 Å². The molecule has 0 aliphatic carbocycles. The minimum Gasteiger partial charge on any atom is -0.386 e. The molecule has 1 atom stereocenters. The third kappa shape index (κ3) is 2.15. The van der Waals surface area contributed by atoms with Crippen molar-refractivity contribution >= 4 is 15.7 Å². The summed E-state index contributed by atoms with van der Waals surface area (Å²) in [5.41, 5.74) is 0.123. The Hall–Kier alpha value is -2.06. The van der Waals surface area contributed by atoms with Crippen LogP contribution in [-0.4, -0.2) is 20.1 Å². The second-order valence-corrected chi connectivity index (χ2v) is 6.64. The summed E-state index contributed by atoms with van der Waals surface area (Å²) in [6, 6.07) is 6.02. The van der Waals surface area contributed by atoms with Gasteiger partial charge in [0.05, 0.1) is 18.3 Å². The van der Waals surface area contributed by atoms with Gasteiger partial charge in [-0.2, -0.15) is 0 Å². The molecule has 0 amide bonds. The fraction of sp³-hybridized carbons (Fsp3) is 0.143. The number of aliphatic hydroxyl groups is 1. The molecule has 1 N–H and O–H groups in total. The number of anilines is 1. The number of nitrogens with zero attached hydrogens (tertiary/aromatic N) is 1. The summed E-state index contributed by atoms with van der Waals surface area (Å²) < 4.78 is 66.0. The van der Waals surface area contributed by atoms with E-state index in [9.17, 15) is 26.7 Å². The lowest BCUT2D eigenvalue weighted by Crippen LogP contribution is -2.30. The number of hydrogen-bond donors (Lipinski definition) is 1. The summed E-state index contributed by atoms with van der Waals surface area (Å²) in [7, 11) is -4.42. The Morgan fingerprint density at radius 2 is 1.86 bits per heavy atom. The monoisotopic (exact) mass is 329 g/mol. The van der Waals surface area contributed by atoms with Gasteiger partial charge in [-0.25, -0.2) is 21.6 Å². The Labute approximate surface area is 124 Å². The van der Waals surface area contributed by atoms with E-state index < -0.39 is 45.0 Å². The van der Waals surface area contributed by atoms with E-state index in [1.54, 1.807) is 0 Å². The second kappa shape index (κ2) is 4.99. The fourth-order valence-electron chi connectivity index (χ4n) is 2.40. The zero-order valence-electron chi connectivity index (χ0n) is 11.0. The molecule has 0 spiro atoms. The van der Waals surface area contributed by atoms with Gasteiger partial charge in [-0.3, -0.25) is 4.31 Å². The number of hydrogen-bond acceptors (Lipinski definition) is 3. The van der Waals surface area contributed by atoms with E-state index in [2.05, 4.69) is 0 Å². The van der Waals surface area contributed by atoms with Crippen LogP contribution < -0.4 is 4.31 Å². The topological polar surface area (TPSA) is 57.6 Å². The maximum absolute atomic E-state index is 13.8. The van der Waals surface area contributed by atoms with Crippen LogP contribution in [0.25, 0.3) is 0 Å². The molecule has 8 heteroatoms. The van der Waals surface area contributed by atoms with Crippen molar-refractivity contribution in [1.29, 1.82) is 0 Å². The lowest BCUT2D eigenvalue weighted by Gasteiger charge is -2.19. The highest BCUT2D eigenvalue weighted by Crippen LogP contribution is 2.39. The van der Waals surface area contributed by atoms with Crippen LogP contribution in [0.5, 0.6) is 0 Å². The largest absolute Gasteiger partial charge is 0.386 e. The summed E-state index contributed by atoms with van der Waals surface area (Å²) in [5.74, 6) is -3.42. The molecule has 2 aromatic carbocycles. The lowest BCUT2D eigenvalue weighted by atomic mass is 10.1. The molecule has 1 aliphatic rings. The summed E-state index contributed by atoms with van der Waals surface area (Å²) in [4.78, 5) is -0.836. The van der Waals surface area contributed by atoms with Gasteiger partial charge < -0.3 is 5.11 Å². The van der Waals surface area contributed by atoms with Crippen LogP contribution in [0.15, 0.2) is 41.3 Å². The number of fused-ring (bicyclic) bond motifs is 1. The standard InChI is InChI=1S/C14H10F3NO3S/c15-8-4-5-11-9(6-8)12(19)7-18(11)22(20,21)13-3-1-2-10(16)14(13)17/h1-6,12,19H,7H2. The van der Waals surface area contributed by atoms with E-state index in [1.165, 1.54) is 6.07 Å². The Balaban J connectivity index is 2.15. The quantitative estimate of drug-likeness (QED) is 0.920. The predicted octanol–water partition coefficient (Wildman–Crippen LogP) is 2.35. The minimum atomic E-state index is -4.42. The zero-order valence-corrected chi connectivity index (χ0v) is 11.8. The van der Waals surface area contributed by atoms with Crippen LogP contribution >= 0.6 is 0 Å². The Morgan fingerprint density at radius 1 is 1.14 bits per heavy atom. The zero-order chi connectivity index (χ0) is 16.1. The summed E-state index contributed by atoms with van der Waals surface area (Å²) in [5, 5.41) is 9.87. The maximum Gasteiger partial charge on any atom is 0.267 e. The molecular weight excluding hydrogens is 319 g/mol. The second-order valence-electron chi connectivity index (χ2n) is 4.81. The molecular formula is C14H10F3NO3S. The van der Waals surface area contributed by atoms with Crippen molar-refractivity contribution in [1.82, 2.24) is 0 Å². The van der Waals surface area contributed by atoms with Crippen molar-refractivity contribution in [2.75, 3.05) is 10.8 Å². The van der Waals surface area contributed by atoms with Crippen LogP contribution in [0.3, 0.4) is 0 Å². The van der Waals surface area contributed by atoms with Gasteiger partial charge in [0.2, 0.25) is 0 Å². The van der Waals surface area contributed by atoms with Gasteiger partial charge in [0, 0.05) is 5.56 Å². The predicted molar refractivity (Wildman–Crippen MR) is 72.2 cm³/mol. The van der Waals surface area contributed by atoms with Gasteiger partial charge in [0.25, 0.3) is 10.0 Å². The van der Waals surface area contributed by atoms with E-state index in [4.69, 9.17) is 0 Å². The first-order valence-electron chi connectivity index (χ1n) is 6.26. The smallest absolute Gasteiger partial charge is 0.267 e. The molecule has 4 nitrogen and oxygen atoms in total. The van der Waals surface area contributed by atoms with E-state index >= 15 is 0 Å². The fourth-order valence-corrected chi connectivity index (χ4v) is 3.98. The molecule has 116 valence electrons. The molecule has 1 unspecified atom stereocenters. The molecule has 3 rings (SSSR count). The van der Waals surface area contributed by atoms with Crippen molar-refractivity contribution in [2.24, 2.45) is 0 Å². The average Bonchev–Trinajstić information content (AvgIpc) is 2.79. The van der Waals surface area contributed by atoms with Crippen LogP contribution in [0.1, 0.15) is 11.7 Å². The molecule has 0 bridgehead atoms. The summed E-state index contributed by atoms with van der Waals surface area (Å²) in [6.45, 7) is -0.392. The normalized spacial score (nSPS) is 17.6. The van der Waals surface area contributed by atoms with E-state index in [-0.39, 0.29) is 11.3 Å². The lowest BCUT2D eigenvalue weighted by molar-refractivity contribution is 0.196. The summed E-state index contributed by atoms with van der Waals surface area (Å²) in [6.07, 6.45) is -1.24. The molecule has 0 radical (unpaired) electrons. The van der Waals surface area contributed by atoms with E-state index in [1.807, 2.05) is 0 Å². The van der Waals surface area contributed by atoms with Gasteiger partial charge in [-0.05, 0) is 30.3 Å². The average molecular weight is 329 g/mol. The van der Waals surface area contributed by atoms with Crippen LogP contribution in [0, 0.1) is 17.5 Å². The van der Waals surface area contributed by atoms with E-state index in [0.717, 1.165) is 34.6 Å². The number of aliphatic hydroxyl groups excluding tert-OH is 1. The van der Waals surface area contributed by atoms with Crippen LogP contribution in [0.2, 0.25) is 0 Å². The third-order valence-corrected chi connectivity index (χ3v) is 5.24. The summed E-state index contributed by atoms with van der Waals surface area (Å²) >= 11 is 0. The van der Waals surface area contributed by atoms with Gasteiger partial charge >= 0.3 is 0 Å². The number of rotatable bonds is 2. The highest BCUT2D eigenvalue weighted by atomic mass is 32.2. The molecule has 0 aromatic heterocycles. The molecule has 0 saturated heterocycles. The first kappa shape index (κ1) is 14.9. The van der Waals surface area contributed by atoms with Gasteiger partial charge in [0.1, 0.15) is 10.7 Å². The highest BCUT2D eigenvalue weighted by molar-refractivity contribution is 7.92. The Morgan fingerprint density at radius 3 is 2.59 bits per heavy atom. The number of halogens is 3. The van der Waals surface area contributed by atoms with Crippen molar-refractivity contribution < 1.29 is 26.7 Å². The number of sulfonamides is 1. The SMILES string of the molecule is O=S(=O)(c1cccc(F)c1F)N1CC(O)c2cc(F)ccc21. The van der Waals surface area contributed by atoms with Crippen molar-refractivity contribution in [3.63, 3.8) is 0 Å². The molecule has 0 fully saturated rings. The number of β-amino-alcohol motifs (C(OH)–C–C–N with tert-alkyl or cyclic N) is 1. The number of benzene rings is 2. The molecule has 1 aliphatic heterocycles. The molecule has 1 heterocycles. The Bertz CT molecular complexity index is 854. The third-order valence-electron chi connectivity index (χ3n) is 3.44. The molecule has 2 aromatic rings. The first-order chi connectivity index (χ1) is 10.3.